The number of hydrogen-bond donors (Lipinski definition) is 0. The number of alkyl halides is 3. The molecule has 102 valence electrons. The van der Waals surface area contributed by atoms with Crippen LogP contribution in [-0.4, -0.2) is 28.6 Å². The Morgan fingerprint density at radius 2 is 1.53 bits per heavy atom. The summed E-state index contributed by atoms with van der Waals surface area (Å²) in [4.78, 5) is 12.4. The molecule has 0 heterocycles. The van der Waals surface area contributed by atoms with E-state index in [-0.39, 0.29) is 5.92 Å². The third-order valence-electron chi connectivity index (χ3n) is 2.54. The largest absolute Gasteiger partial charge is 0.471 e. The normalized spacial score (nSPS) is 13.4. The van der Waals surface area contributed by atoms with Gasteiger partial charge in [-0.2, -0.15) is 13.2 Å². The molecule has 0 saturated carbocycles. The standard InChI is InChI=1S/C12H22F3NO/c1-8(2)7-11(5,6)16(9(3)4)10(17)12(13,14)15/h8-9H,7H2,1-6H3. The second-order valence-electron chi connectivity index (χ2n) is 5.68. The highest BCUT2D eigenvalue weighted by molar-refractivity contribution is 5.82. The van der Waals surface area contributed by atoms with Crippen LogP contribution in [0.4, 0.5) is 13.2 Å². The summed E-state index contributed by atoms with van der Waals surface area (Å²) in [5, 5.41) is 0. The summed E-state index contributed by atoms with van der Waals surface area (Å²) in [6.45, 7) is 10.4. The Hall–Kier alpha value is -0.740. The Balaban J connectivity index is 5.18. The average molecular weight is 253 g/mol. The summed E-state index contributed by atoms with van der Waals surface area (Å²) in [5.41, 5.74) is -0.797. The molecule has 1 amide bonds. The van der Waals surface area contributed by atoms with Crippen LogP contribution in [0.15, 0.2) is 0 Å². The van der Waals surface area contributed by atoms with Crippen molar-refractivity contribution in [3.63, 3.8) is 0 Å². The molecule has 0 atom stereocenters. The number of carbonyl (C=O) groups excluding carboxylic acids is 1. The van der Waals surface area contributed by atoms with Gasteiger partial charge < -0.3 is 4.90 Å². The number of hydrogen-bond acceptors (Lipinski definition) is 1. The van der Waals surface area contributed by atoms with Gasteiger partial charge in [0, 0.05) is 11.6 Å². The van der Waals surface area contributed by atoms with Gasteiger partial charge >= 0.3 is 12.1 Å². The van der Waals surface area contributed by atoms with Crippen molar-refractivity contribution in [3.05, 3.63) is 0 Å². The topological polar surface area (TPSA) is 20.3 Å². The molecule has 0 saturated heterocycles. The smallest absolute Gasteiger partial charge is 0.327 e. The Kier molecular flexibility index (Phi) is 5.04. The average Bonchev–Trinajstić information content (AvgIpc) is 1.97. The second kappa shape index (κ2) is 5.27. The van der Waals surface area contributed by atoms with Crippen LogP contribution in [-0.2, 0) is 4.79 Å². The van der Waals surface area contributed by atoms with Crippen LogP contribution in [0.25, 0.3) is 0 Å². The van der Waals surface area contributed by atoms with Crippen LogP contribution in [0.3, 0.4) is 0 Å². The van der Waals surface area contributed by atoms with Crippen molar-refractivity contribution in [1.82, 2.24) is 4.90 Å². The van der Waals surface area contributed by atoms with Gasteiger partial charge in [-0.3, -0.25) is 4.79 Å². The molecule has 0 aliphatic carbocycles. The Morgan fingerprint density at radius 1 is 1.12 bits per heavy atom. The molecule has 0 unspecified atom stereocenters. The minimum Gasteiger partial charge on any atom is -0.327 e. The molecule has 0 aromatic rings. The third kappa shape index (κ3) is 4.56. The molecular weight excluding hydrogens is 231 g/mol. The van der Waals surface area contributed by atoms with Crippen LogP contribution in [0.5, 0.6) is 0 Å². The molecule has 0 aliphatic rings. The molecule has 5 heteroatoms. The summed E-state index contributed by atoms with van der Waals surface area (Å²) < 4.78 is 37.6. The predicted molar refractivity (Wildman–Crippen MR) is 61.6 cm³/mol. The maximum Gasteiger partial charge on any atom is 0.471 e. The van der Waals surface area contributed by atoms with Crippen LogP contribution >= 0.6 is 0 Å². The van der Waals surface area contributed by atoms with Crippen molar-refractivity contribution in [1.29, 1.82) is 0 Å². The number of halogens is 3. The summed E-state index contributed by atoms with van der Waals surface area (Å²) >= 11 is 0. The fourth-order valence-corrected chi connectivity index (χ4v) is 2.44. The molecule has 17 heavy (non-hydrogen) atoms. The van der Waals surface area contributed by atoms with E-state index in [1.165, 1.54) is 0 Å². The zero-order valence-electron chi connectivity index (χ0n) is 11.4. The van der Waals surface area contributed by atoms with Gasteiger partial charge in [-0.1, -0.05) is 13.8 Å². The van der Waals surface area contributed by atoms with Crippen molar-refractivity contribution < 1.29 is 18.0 Å². The summed E-state index contributed by atoms with van der Waals surface area (Å²) in [7, 11) is 0. The Labute approximate surface area is 101 Å². The van der Waals surface area contributed by atoms with Gasteiger partial charge in [0.2, 0.25) is 0 Å². The Bertz CT molecular complexity index is 269. The summed E-state index contributed by atoms with van der Waals surface area (Å²) in [5.74, 6) is -1.52. The maximum absolute atomic E-state index is 12.5. The number of nitrogens with zero attached hydrogens (tertiary/aromatic N) is 1. The molecule has 0 spiro atoms. The minimum atomic E-state index is -4.81. The lowest BCUT2D eigenvalue weighted by Gasteiger charge is -2.42. The van der Waals surface area contributed by atoms with Crippen molar-refractivity contribution in [3.8, 4) is 0 Å². The van der Waals surface area contributed by atoms with Crippen molar-refractivity contribution in [2.24, 2.45) is 5.92 Å². The van der Waals surface area contributed by atoms with Gasteiger partial charge in [-0.05, 0) is 40.0 Å². The zero-order chi connectivity index (χ0) is 14.0. The first-order chi connectivity index (χ1) is 7.39. The van der Waals surface area contributed by atoms with Gasteiger partial charge in [0.15, 0.2) is 0 Å². The molecule has 0 rings (SSSR count). The minimum absolute atomic E-state index is 0.229. The SMILES string of the molecule is CC(C)CC(C)(C)N(C(=O)C(F)(F)F)C(C)C. The highest BCUT2D eigenvalue weighted by Gasteiger charge is 2.47. The molecule has 0 N–H and O–H groups in total. The van der Waals surface area contributed by atoms with E-state index in [1.54, 1.807) is 27.7 Å². The van der Waals surface area contributed by atoms with Crippen molar-refractivity contribution >= 4 is 5.91 Å². The summed E-state index contributed by atoms with van der Waals surface area (Å²) in [6.07, 6.45) is -4.27. The maximum atomic E-state index is 12.5. The first kappa shape index (κ1) is 16.3. The van der Waals surface area contributed by atoms with E-state index in [1.807, 2.05) is 13.8 Å². The first-order valence-corrected chi connectivity index (χ1v) is 5.80. The van der Waals surface area contributed by atoms with E-state index in [4.69, 9.17) is 0 Å². The lowest BCUT2D eigenvalue weighted by Crippen LogP contribution is -2.56. The lowest BCUT2D eigenvalue weighted by molar-refractivity contribution is -0.193. The van der Waals surface area contributed by atoms with E-state index in [2.05, 4.69) is 0 Å². The number of carbonyl (C=O) groups is 1. The van der Waals surface area contributed by atoms with Crippen LogP contribution in [0.2, 0.25) is 0 Å². The van der Waals surface area contributed by atoms with Crippen molar-refractivity contribution in [2.45, 2.75) is 65.7 Å². The van der Waals surface area contributed by atoms with E-state index in [0.29, 0.717) is 6.42 Å². The molecule has 0 radical (unpaired) electrons. The first-order valence-electron chi connectivity index (χ1n) is 5.80. The highest BCUT2D eigenvalue weighted by atomic mass is 19.4. The van der Waals surface area contributed by atoms with Gasteiger partial charge in [-0.25, -0.2) is 0 Å². The zero-order valence-corrected chi connectivity index (χ0v) is 11.4. The van der Waals surface area contributed by atoms with E-state index < -0.39 is 23.7 Å². The Morgan fingerprint density at radius 3 is 1.76 bits per heavy atom. The third-order valence-corrected chi connectivity index (χ3v) is 2.54. The number of amides is 1. The van der Waals surface area contributed by atoms with Crippen LogP contribution < -0.4 is 0 Å². The lowest BCUT2D eigenvalue weighted by atomic mass is 9.89. The molecule has 0 aromatic heterocycles. The monoisotopic (exact) mass is 253 g/mol. The van der Waals surface area contributed by atoms with Gasteiger partial charge in [-0.15, -0.1) is 0 Å². The van der Waals surface area contributed by atoms with E-state index >= 15 is 0 Å². The molecule has 0 fully saturated rings. The van der Waals surface area contributed by atoms with Gasteiger partial charge in [0.25, 0.3) is 0 Å². The van der Waals surface area contributed by atoms with Crippen molar-refractivity contribution in [2.75, 3.05) is 0 Å². The van der Waals surface area contributed by atoms with Gasteiger partial charge in [0.05, 0.1) is 0 Å². The van der Waals surface area contributed by atoms with Gasteiger partial charge in [0.1, 0.15) is 0 Å². The van der Waals surface area contributed by atoms with Crippen LogP contribution in [0.1, 0.15) is 48.0 Å². The van der Waals surface area contributed by atoms with E-state index in [9.17, 15) is 18.0 Å². The van der Waals surface area contributed by atoms with Crippen LogP contribution in [0, 0.1) is 5.92 Å². The quantitative estimate of drug-likeness (QED) is 0.749. The predicted octanol–water partition coefficient (Wildman–Crippen LogP) is 3.61. The molecule has 0 aromatic carbocycles. The number of rotatable bonds is 4. The summed E-state index contributed by atoms with van der Waals surface area (Å²) in [6, 6.07) is -0.474. The molecule has 0 aliphatic heterocycles. The van der Waals surface area contributed by atoms with E-state index in [0.717, 1.165) is 4.90 Å². The fourth-order valence-electron chi connectivity index (χ4n) is 2.44. The molecule has 2 nitrogen and oxygen atoms in total. The second-order valence-corrected chi connectivity index (χ2v) is 5.68. The molecule has 0 bridgehead atoms. The highest BCUT2D eigenvalue weighted by Crippen LogP contribution is 2.30. The molecular formula is C12H22F3NO. The fraction of sp³-hybridized carbons (Fsp3) is 0.917.